The van der Waals surface area contributed by atoms with Crippen molar-refractivity contribution >= 4 is 40.3 Å². The number of thiophene rings is 1. The van der Waals surface area contributed by atoms with Gasteiger partial charge in [-0.15, -0.1) is 11.3 Å². The number of hydrogen-bond acceptors (Lipinski definition) is 4. The van der Waals surface area contributed by atoms with Crippen LogP contribution in [-0.2, 0) is 16.9 Å². The highest BCUT2D eigenvalue weighted by Gasteiger charge is 2.51. The number of halogens is 1. The molecule has 0 fully saturated rings. The molecule has 1 aromatic heterocycles. The quantitative estimate of drug-likeness (QED) is 0.345. The van der Waals surface area contributed by atoms with Gasteiger partial charge in [0.25, 0.3) is 5.91 Å². The number of Topliss-reactive ketones (excluding diaryl/α,β-unsaturated/α-hetero) is 1. The van der Waals surface area contributed by atoms with E-state index in [4.69, 9.17) is 11.6 Å². The highest BCUT2D eigenvalue weighted by Crippen LogP contribution is 2.45. The molecule has 1 aliphatic heterocycles. The number of nitrogens with zero attached hydrogens (tertiary/aromatic N) is 1. The fourth-order valence-electron chi connectivity index (χ4n) is 4.22. The number of ketones is 1. The molecule has 1 amide bonds. The predicted octanol–water partition coefficient (Wildman–Crippen LogP) is 6.08. The van der Waals surface area contributed by atoms with Gasteiger partial charge in [-0.25, -0.2) is 0 Å². The minimum absolute atomic E-state index is 0.311. The molecule has 164 valence electrons. The van der Waals surface area contributed by atoms with Crippen LogP contribution < -0.4 is 4.90 Å². The molecule has 0 radical (unpaired) electrons. The van der Waals surface area contributed by atoms with Gasteiger partial charge < -0.3 is 10.0 Å². The molecule has 0 saturated carbocycles. The van der Waals surface area contributed by atoms with Crippen molar-refractivity contribution in [3.8, 4) is 11.1 Å². The van der Waals surface area contributed by atoms with E-state index in [0.29, 0.717) is 28.4 Å². The second-order valence-electron chi connectivity index (χ2n) is 8.04. The van der Waals surface area contributed by atoms with Crippen LogP contribution in [0.4, 0.5) is 5.69 Å². The average molecular weight is 474 g/mol. The maximum Gasteiger partial charge on any atom is 0.264 e. The van der Waals surface area contributed by atoms with Crippen molar-refractivity contribution in [2.24, 2.45) is 0 Å². The zero-order valence-electron chi connectivity index (χ0n) is 17.6. The van der Waals surface area contributed by atoms with Crippen LogP contribution in [0.5, 0.6) is 0 Å². The largest absolute Gasteiger partial charge is 0.375 e. The zero-order valence-corrected chi connectivity index (χ0v) is 19.1. The molecule has 0 bridgehead atoms. The zero-order chi connectivity index (χ0) is 23.0. The third-order valence-corrected chi connectivity index (χ3v) is 7.01. The van der Waals surface area contributed by atoms with Crippen molar-refractivity contribution in [2.75, 3.05) is 4.90 Å². The third kappa shape index (κ3) is 4.00. The Morgan fingerprint density at radius 2 is 1.67 bits per heavy atom. The molecule has 0 aliphatic carbocycles. The summed E-state index contributed by atoms with van der Waals surface area (Å²) in [7, 11) is 0. The third-order valence-electron chi connectivity index (χ3n) is 5.92. The second-order valence-corrected chi connectivity index (χ2v) is 9.50. The van der Waals surface area contributed by atoms with E-state index in [1.807, 2.05) is 60.0 Å². The molecule has 4 nitrogen and oxygen atoms in total. The van der Waals surface area contributed by atoms with Crippen LogP contribution in [0.1, 0.15) is 27.2 Å². The van der Waals surface area contributed by atoms with Gasteiger partial charge in [0, 0.05) is 21.0 Å². The number of anilines is 1. The Bertz CT molecular complexity index is 1320. The van der Waals surface area contributed by atoms with E-state index in [0.717, 1.165) is 16.0 Å². The fourth-order valence-corrected chi connectivity index (χ4v) is 5.09. The first-order valence-electron chi connectivity index (χ1n) is 10.5. The molecule has 1 atom stereocenters. The fraction of sp³-hybridized carbons (Fsp3) is 0.111. The number of amides is 1. The number of carbonyl (C=O) groups excluding carboxylic acids is 2. The second kappa shape index (κ2) is 8.60. The van der Waals surface area contributed by atoms with Crippen LogP contribution in [-0.4, -0.2) is 16.8 Å². The lowest BCUT2D eigenvalue weighted by Gasteiger charge is -2.22. The van der Waals surface area contributed by atoms with Crippen molar-refractivity contribution in [1.82, 2.24) is 0 Å². The van der Waals surface area contributed by atoms with Gasteiger partial charge in [-0.2, -0.15) is 0 Å². The van der Waals surface area contributed by atoms with Gasteiger partial charge in [-0.1, -0.05) is 72.3 Å². The minimum Gasteiger partial charge on any atom is -0.375 e. The van der Waals surface area contributed by atoms with E-state index in [2.05, 4.69) is 0 Å². The van der Waals surface area contributed by atoms with Crippen molar-refractivity contribution in [1.29, 1.82) is 0 Å². The topological polar surface area (TPSA) is 57.6 Å². The Morgan fingerprint density at radius 1 is 0.939 bits per heavy atom. The number of fused-ring (bicyclic) bond motifs is 1. The summed E-state index contributed by atoms with van der Waals surface area (Å²) in [5.74, 6) is -0.822. The van der Waals surface area contributed by atoms with Crippen LogP contribution in [0.25, 0.3) is 11.1 Å². The first kappa shape index (κ1) is 21.6. The van der Waals surface area contributed by atoms with E-state index in [-0.39, 0.29) is 12.2 Å². The van der Waals surface area contributed by atoms with Crippen LogP contribution in [0.2, 0.25) is 5.02 Å². The summed E-state index contributed by atoms with van der Waals surface area (Å²) in [5, 5.41) is 13.9. The molecule has 33 heavy (non-hydrogen) atoms. The van der Waals surface area contributed by atoms with Crippen molar-refractivity contribution in [3.63, 3.8) is 0 Å². The first-order chi connectivity index (χ1) is 16.0. The number of benzene rings is 3. The van der Waals surface area contributed by atoms with Gasteiger partial charge in [0.2, 0.25) is 0 Å². The smallest absolute Gasteiger partial charge is 0.264 e. The van der Waals surface area contributed by atoms with E-state index in [1.165, 1.54) is 16.2 Å². The molecule has 0 saturated heterocycles. The van der Waals surface area contributed by atoms with E-state index >= 15 is 0 Å². The number of aliphatic hydroxyl groups is 1. The molecule has 3 aromatic carbocycles. The number of rotatable bonds is 6. The molecule has 5 rings (SSSR count). The van der Waals surface area contributed by atoms with Gasteiger partial charge in [-0.05, 0) is 40.8 Å². The monoisotopic (exact) mass is 473 g/mol. The predicted molar refractivity (Wildman–Crippen MR) is 132 cm³/mol. The van der Waals surface area contributed by atoms with Crippen LogP contribution in [0.3, 0.4) is 0 Å². The molecule has 0 spiro atoms. The number of hydrogen-bond donors (Lipinski definition) is 1. The maximum absolute atomic E-state index is 13.4. The van der Waals surface area contributed by atoms with Crippen LogP contribution in [0, 0.1) is 0 Å². The summed E-state index contributed by atoms with van der Waals surface area (Å²) in [5.41, 5.74) is 1.46. The average Bonchev–Trinajstić information content (AvgIpc) is 3.42. The van der Waals surface area contributed by atoms with Crippen molar-refractivity contribution in [3.05, 3.63) is 111 Å². The maximum atomic E-state index is 13.4. The van der Waals surface area contributed by atoms with Gasteiger partial charge in [0.15, 0.2) is 11.4 Å². The Balaban J connectivity index is 1.44. The van der Waals surface area contributed by atoms with Crippen molar-refractivity contribution < 1.29 is 14.7 Å². The summed E-state index contributed by atoms with van der Waals surface area (Å²) in [6.45, 7) is 0.327. The van der Waals surface area contributed by atoms with E-state index in [1.54, 1.807) is 30.3 Å². The normalized spacial score (nSPS) is 17.3. The summed E-state index contributed by atoms with van der Waals surface area (Å²) < 4.78 is 0. The Labute approximate surface area is 200 Å². The Hall–Kier alpha value is -3.25. The highest BCUT2D eigenvalue weighted by atomic mass is 35.5. The molecular weight excluding hydrogens is 454 g/mol. The summed E-state index contributed by atoms with van der Waals surface area (Å²) in [4.78, 5) is 29.1. The van der Waals surface area contributed by atoms with Crippen LogP contribution in [0.15, 0.2) is 90.3 Å². The lowest BCUT2D eigenvalue weighted by atomic mass is 9.88. The lowest BCUT2D eigenvalue weighted by Crippen LogP contribution is -2.41. The van der Waals surface area contributed by atoms with E-state index in [9.17, 15) is 14.7 Å². The van der Waals surface area contributed by atoms with E-state index < -0.39 is 11.5 Å². The first-order valence-corrected chi connectivity index (χ1v) is 11.8. The molecule has 4 aromatic rings. The standard InChI is InChI=1S/C27H20ClNO3S/c28-21-12-13-24-23(15-21)27(32,26(31)29(24)17-22-7-4-14-33-22)16-25(30)20-10-8-19(9-11-20)18-5-2-1-3-6-18/h1-15,32H,16-17H2. The van der Waals surface area contributed by atoms with Gasteiger partial charge in [0.05, 0.1) is 18.7 Å². The summed E-state index contributed by atoms with van der Waals surface area (Å²) in [6, 6.07) is 25.9. The molecule has 2 heterocycles. The van der Waals surface area contributed by atoms with Crippen molar-refractivity contribution in [2.45, 2.75) is 18.6 Å². The van der Waals surface area contributed by atoms with Gasteiger partial charge >= 0.3 is 0 Å². The molecule has 1 N–H and O–H groups in total. The van der Waals surface area contributed by atoms with Crippen LogP contribution >= 0.6 is 22.9 Å². The highest BCUT2D eigenvalue weighted by molar-refractivity contribution is 7.09. The number of carbonyl (C=O) groups is 2. The molecular formula is C27H20ClNO3S. The van der Waals surface area contributed by atoms with Gasteiger partial charge in [-0.3, -0.25) is 9.59 Å². The van der Waals surface area contributed by atoms with Gasteiger partial charge in [0.1, 0.15) is 0 Å². The summed E-state index contributed by atoms with van der Waals surface area (Å²) in [6.07, 6.45) is -0.356. The molecule has 6 heteroatoms. The SMILES string of the molecule is O=C(CC1(O)C(=O)N(Cc2cccs2)c2ccc(Cl)cc21)c1ccc(-c2ccccc2)cc1. The summed E-state index contributed by atoms with van der Waals surface area (Å²) >= 11 is 7.73. The Kier molecular flexibility index (Phi) is 5.62. The molecule has 1 unspecified atom stereocenters. The lowest BCUT2D eigenvalue weighted by molar-refractivity contribution is -0.136. The Morgan fingerprint density at radius 3 is 2.36 bits per heavy atom. The molecule has 1 aliphatic rings. The minimum atomic E-state index is -1.97.